The van der Waals surface area contributed by atoms with E-state index in [2.05, 4.69) is 36.5 Å². The van der Waals surface area contributed by atoms with E-state index in [4.69, 9.17) is 5.73 Å². The summed E-state index contributed by atoms with van der Waals surface area (Å²) in [6.45, 7) is 4.08. The van der Waals surface area contributed by atoms with Crippen molar-refractivity contribution in [2.75, 3.05) is 6.54 Å². The smallest absolute Gasteiger partial charge is 0.270 e. The molecule has 4 rings (SSSR count). The van der Waals surface area contributed by atoms with Crippen LogP contribution in [0.25, 0.3) is 10.9 Å². The fourth-order valence-electron chi connectivity index (χ4n) is 4.73. The van der Waals surface area contributed by atoms with Gasteiger partial charge in [0.15, 0.2) is 5.82 Å². The molecule has 4 aromatic rings. The van der Waals surface area contributed by atoms with Gasteiger partial charge >= 0.3 is 0 Å². The van der Waals surface area contributed by atoms with Gasteiger partial charge in [0, 0.05) is 11.9 Å². The second-order valence-electron chi connectivity index (χ2n) is 10.6. The number of hydrogen-bond acceptors (Lipinski definition) is 9. The lowest BCUT2D eigenvalue weighted by molar-refractivity contribution is -0.128. The van der Waals surface area contributed by atoms with E-state index in [1.165, 1.54) is 10.7 Å². The van der Waals surface area contributed by atoms with Crippen molar-refractivity contribution < 1.29 is 24.3 Å². The van der Waals surface area contributed by atoms with Crippen LogP contribution in [0.4, 0.5) is 0 Å². The van der Waals surface area contributed by atoms with Crippen molar-refractivity contribution >= 4 is 34.5 Å². The second-order valence-corrected chi connectivity index (χ2v) is 10.6. The van der Waals surface area contributed by atoms with Gasteiger partial charge in [-0.3, -0.25) is 19.2 Å². The van der Waals surface area contributed by atoms with Gasteiger partial charge in [-0.25, -0.2) is 9.67 Å². The van der Waals surface area contributed by atoms with Gasteiger partial charge in [-0.15, -0.1) is 5.10 Å². The number of para-hydroxylation sites is 1. The van der Waals surface area contributed by atoms with Crippen molar-refractivity contribution in [3.05, 3.63) is 83.8 Å². The number of carbonyl (C=O) groups is 4. The molecule has 45 heavy (non-hydrogen) atoms. The van der Waals surface area contributed by atoms with Crippen LogP contribution in [-0.2, 0) is 20.8 Å². The molecule has 0 radical (unpaired) electrons. The Morgan fingerprint density at radius 1 is 0.956 bits per heavy atom. The topological polar surface area (TPSA) is 207 Å². The van der Waals surface area contributed by atoms with E-state index in [0.717, 1.165) is 23.8 Å². The van der Waals surface area contributed by atoms with E-state index in [9.17, 15) is 24.3 Å². The van der Waals surface area contributed by atoms with E-state index in [0.29, 0.717) is 12.1 Å². The summed E-state index contributed by atoms with van der Waals surface area (Å²) >= 11 is 0. The molecule has 0 aliphatic carbocycles. The number of tetrazole rings is 1. The minimum atomic E-state index is -1.48. The van der Waals surface area contributed by atoms with E-state index in [1.54, 1.807) is 37.3 Å². The molecule has 0 saturated carbocycles. The average Bonchev–Trinajstić information content (AvgIpc) is 3.53. The number of amides is 4. The van der Waals surface area contributed by atoms with Crippen molar-refractivity contribution in [3.8, 4) is 0 Å². The maximum atomic E-state index is 13.6. The standard InChI is InChI=1S/C31H37N9O5/c1-3-4-16-33-29(43)19(2)40-28(37-38-39-40)27(42)24(17-20-10-6-5-7-11-20)35-31(45)25(18-26(32)41)36-30(44)23-15-14-21-12-8-9-13-22(21)34-23/h5-15,19,24-25,27,42H,3-4,16-18H2,1-2H3,(H2,32,41)(H,33,43)(H,35,45)(H,36,44)/t19-,24+,25+,27+/m1/s1. The Hall–Kier alpha value is -5.24. The summed E-state index contributed by atoms with van der Waals surface area (Å²) in [5.74, 6) is -2.67. The normalized spacial score (nSPS) is 13.8. The van der Waals surface area contributed by atoms with Crippen molar-refractivity contribution in [1.82, 2.24) is 41.1 Å². The number of nitrogens with zero attached hydrogens (tertiary/aromatic N) is 5. The first kappa shape index (κ1) is 32.7. The molecule has 2 aromatic carbocycles. The third-order valence-corrected chi connectivity index (χ3v) is 7.22. The molecular formula is C31H37N9O5. The summed E-state index contributed by atoms with van der Waals surface area (Å²) in [6, 6.07) is 16.3. The molecule has 4 amide bonds. The Bertz CT molecular complexity index is 1630. The first-order chi connectivity index (χ1) is 21.7. The van der Waals surface area contributed by atoms with Crippen LogP contribution in [0.1, 0.15) is 67.1 Å². The van der Waals surface area contributed by atoms with E-state index >= 15 is 0 Å². The summed E-state index contributed by atoms with van der Waals surface area (Å²) in [5.41, 5.74) is 6.82. The van der Waals surface area contributed by atoms with Crippen LogP contribution >= 0.6 is 0 Å². The van der Waals surface area contributed by atoms with Crippen LogP contribution in [0.3, 0.4) is 0 Å². The van der Waals surface area contributed by atoms with Gasteiger partial charge in [0.2, 0.25) is 17.7 Å². The summed E-state index contributed by atoms with van der Waals surface area (Å²) in [5, 5.41) is 32.0. The number of fused-ring (bicyclic) bond motifs is 1. The third-order valence-electron chi connectivity index (χ3n) is 7.22. The second kappa shape index (κ2) is 15.5. The number of primary amides is 1. The number of nitrogens with two attached hydrogens (primary N) is 1. The first-order valence-electron chi connectivity index (χ1n) is 14.7. The van der Waals surface area contributed by atoms with Gasteiger partial charge in [-0.1, -0.05) is 67.9 Å². The van der Waals surface area contributed by atoms with Gasteiger partial charge in [-0.05, 0) is 47.9 Å². The van der Waals surface area contributed by atoms with Gasteiger partial charge in [0.25, 0.3) is 5.91 Å². The fourth-order valence-corrected chi connectivity index (χ4v) is 4.73. The summed E-state index contributed by atoms with van der Waals surface area (Å²) in [4.78, 5) is 55.8. The minimum absolute atomic E-state index is 0.0437. The van der Waals surface area contributed by atoms with Crippen molar-refractivity contribution in [2.24, 2.45) is 5.73 Å². The van der Waals surface area contributed by atoms with Gasteiger partial charge in [-0.2, -0.15) is 0 Å². The lowest BCUT2D eigenvalue weighted by atomic mass is 9.99. The third kappa shape index (κ3) is 8.66. The lowest BCUT2D eigenvalue weighted by Crippen LogP contribution is -2.53. The molecule has 0 unspecified atom stereocenters. The molecule has 4 atom stereocenters. The predicted octanol–water partition coefficient (Wildman–Crippen LogP) is 1.13. The number of aliphatic hydroxyl groups excluding tert-OH is 1. The number of aromatic nitrogens is 5. The highest BCUT2D eigenvalue weighted by molar-refractivity contribution is 5.99. The van der Waals surface area contributed by atoms with Crippen LogP contribution in [0.5, 0.6) is 0 Å². The monoisotopic (exact) mass is 615 g/mol. The quantitative estimate of drug-likeness (QED) is 0.121. The average molecular weight is 616 g/mol. The van der Waals surface area contributed by atoms with Crippen molar-refractivity contribution in [2.45, 2.75) is 63.8 Å². The summed E-state index contributed by atoms with van der Waals surface area (Å²) < 4.78 is 1.20. The van der Waals surface area contributed by atoms with E-state index in [-0.39, 0.29) is 23.8 Å². The molecule has 6 N–H and O–H groups in total. The van der Waals surface area contributed by atoms with Crippen LogP contribution in [0, 0.1) is 0 Å². The predicted molar refractivity (Wildman–Crippen MR) is 164 cm³/mol. The molecule has 236 valence electrons. The molecule has 14 heteroatoms. The molecule has 2 aromatic heterocycles. The van der Waals surface area contributed by atoms with Crippen LogP contribution in [0.2, 0.25) is 0 Å². The van der Waals surface area contributed by atoms with E-state index < -0.39 is 48.4 Å². The molecule has 14 nitrogen and oxygen atoms in total. The van der Waals surface area contributed by atoms with Crippen LogP contribution < -0.4 is 21.7 Å². The van der Waals surface area contributed by atoms with Gasteiger partial charge in [0.05, 0.1) is 18.0 Å². The zero-order valence-electron chi connectivity index (χ0n) is 25.1. The zero-order chi connectivity index (χ0) is 32.3. The Labute approximate surface area is 259 Å². The Morgan fingerprint density at radius 2 is 1.69 bits per heavy atom. The zero-order valence-corrected chi connectivity index (χ0v) is 25.1. The van der Waals surface area contributed by atoms with Crippen molar-refractivity contribution in [3.63, 3.8) is 0 Å². The van der Waals surface area contributed by atoms with Crippen LogP contribution in [-0.4, -0.2) is 72.6 Å². The molecule has 0 fully saturated rings. The fraction of sp³-hybridized carbons (Fsp3) is 0.355. The number of benzene rings is 2. The molecule has 0 saturated heterocycles. The molecular weight excluding hydrogens is 578 g/mol. The lowest BCUT2D eigenvalue weighted by Gasteiger charge is -2.27. The number of hydrogen-bond donors (Lipinski definition) is 5. The number of pyridine rings is 1. The molecule has 0 aliphatic heterocycles. The minimum Gasteiger partial charge on any atom is -0.383 e. The molecule has 0 bridgehead atoms. The number of aliphatic hydroxyl groups is 1. The molecule has 0 aliphatic rings. The number of nitrogens with one attached hydrogen (secondary N) is 3. The maximum absolute atomic E-state index is 13.6. The Kier molecular flexibility index (Phi) is 11.2. The van der Waals surface area contributed by atoms with E-state index in [1.807, 2.05) is 37.3 Å². The van der Waals surface area contributed by atoms with Crippen molar-refractivity contribution in [1.29, 1.82) is 0 Å². The SMILES string of the molecule is CCCCNC(=O)[C@@H](C)n1nnnc1[C@@H](O)[C@H](Cc1ccccc1)NC(=O)[C@H](CC(N)=O)NC(=O)c1ccc2ccccc2n1. The molecule has 2 heterocycles. The highest BCUT2D eigenvalue weighted by Gasteiger charge is 2.33. The van der Waals surface area contributed by atoms with Gasteiger partial charge in [0.1, 0.15) is 23.9 Å². The highest BCUT2D eigenvalue weighted by atomic mass is 16.3. The Balaban J connectivity index is 1.57. The number of carbonyl (C=O) groups excluding carboxylic acids is 4. The molecule has 0 spiro atoms. The van der Waals surface area contributed by atoms with Gasteiger partial charge < -0.3 is 26.8 Å². The summed E-state index contributed by atoms with van der Waals surface area (Å²) in [6.07, 6.45) is -0.163. The largest absolute Gasteiger partial charge is 0.383 e. The summed E-state index contributed by atoms with van der Waals surface area (Å²) in [7, 11) is 0. The Morgan fingerprint density at radius 3 is 2.42 bits per heavy atom. The number of rotatable bonds is 15. The van der Waals surface area contributed by atoms with Crippen LogP contribution in [0.15, 0.2) is 66.7 Å². The first-order valence-corrected chi connectivity index (χ1v) is 14.7. The number of unbranched alkanes of at least 4 members (excludes halogenated alkanes) is 1. The highest BCUT2D eigenvalue weighted by Crippen LogP contribution is 2.21. The maximum Gasteiger partial charge on any atom is 0.270 e.